The van der Waals surface area contributed by atoms with Crippen LogP contribution >= 0.6 is 0 Å². The number of nitrogens with one attached hydrogen (secondary N) is 2. The summed E-state index contributed by atoms with van der Waals surface area (Å²) in [6, 6.07) is 17.4. The SMILES string of the molecule is Cc1ccc(NC(=O)COC(=O)CCC(=O)Nc2cccc3ccccc23)cc1[N+](=O)[O-]. The molecule has 0 atom stereocenters. The first kappa shape index (κ1) is 22.4. The molecule has 32 heavy (non-hydrogen) atoms. The second-order valence-corrected chi connectivity index (χ2v) is 7.04. The van der Waals surface area contributed by atoms with Crippen molar-refractivity contribution in [1.29, 1.82) is 0 Å². The molecule has 9 heteroatoms. The Morgan fingerprint density at radius 2 is 1.69 bits per heavy atom. The van der Waals surface area contributed by atoms with E-state index >= 15 is 0 Å². The van der Waals surface area contributed by atoms with Crippen LogP contribution in [0.4, 0.5) is 17.1 Å². The van der Waals surface area contributed by atoms with Gasteiger partial charge in [0.05, 0.1) is 11.3 Å². The molecule has 3 aromatic carbocycles. The van der Waals surface area contributed by atoms with Gasteiger partial charge in [-0.15, -0.1) is 0 Å². The Hall–Kier alpha value is -4.27. The Kier molecular flexibility index (Phi) is 7.12. The number of ether oxygens (including phenoxy) is 1. The molecular weight excluding hydrogens is 414 g/mol. The van der Waals surface area contributed by atoms with E-state index < -0.39 is 23.4 Å². The van der Waals surface area contributed by atoms with Gasteiger partial charge < -0.3 is 15.4 Å². The van der Waals surface area contributed by atoms with E-state index in [2.05, 4.69) is 10.6 Å². The smallest absolute Gasteiger partial charge is 0.306 e. The second-order valence-electron chi connectivity index (χ2n) is 7.04. The number of esters is 1. The molecule has 0 radical (unpaired) electrons. The number of fused-ring (bicyclic) bond motifs is 1. The van der Waals surface area contributed by atoms with Crippen LogP contribution in [0, 0.1) is 17.0 Å². The van der Waals surface area contributed by atoms with E-state index in [1.165, 1.54) is 18.2 Å². The van der Waals surface area contributed by atoms with Gasteiger partial charge in [-0.25, -0.2) is 0 Å². The zero-order valence-electron chi connectivity index (χ0n) is 17.3. The molecule has 0 unspecified atom stereocenters. The average Bonchev–Trinajstić information content (AvgIpc) is 2.77. The molecule has 0 aromatic heterocycles. The number of rotatable bonds is 8. The van der Waals surface area contributed by atoms with Gasteiger partial charge in [0.25, 0.3) is 11.6 Å². The minimum Gasteiger partial charge on any atom is -0.456 e. The van der Waals surface area contributed by atoms with Gasteiger partial charge in [0, 0.05) is 34.8 Å². The number of hydrogen-bond acceptors (Lipinski definition) is 6. The van der Waals surface area contributed by atoms with Gasteiger partial charge in [-0.05, 0) is 24.4 Å². The maximum atomic E-state index is 12.2. The Morgan fingerprint density at radius 1 is 0.938 bits per heavy atom. The number of nitrogens with zero attached hydrogens (tertiary/aromatic N) is 1. The lowest BCUT2D eigenvalue weighted by atomic mass is 10.1. The Morgan fingerprint density at radius 3 is 2.47 bits per heavy atom. The number of nitro benzene ring substituents is 1. The van der Waals surface area contributed by atoms with E-state index in [1.54, 1.807) is 13.0 Å². The van der Waals surface area contributed by atoms with Crippen molar-refractivity contribution in [2.45, 2.75) is 19.8 Å². The number of amides is 2. The summed E-state index contributed by atoms with van der Waals surface area (Å²) in [5.41, 5.74) is 1.20. The Balaban J connectivity index is 1.45. The lowest BCUT2D eigenvalue weighted by Gasteiger charge is -2.09. The molecule has 3 aromatic rings. The summed E-state index contributed by atoms with van der Waals surface area (Å²) in [5.74, 6) is -1.70. The van der Waals surface area contributed by atoms with E-state index in [1.807, 2.05) is 36.4 Å². The lowest BCUT2D eigenvalue weighted by molar-refractivity contribution is -0.385. The summed E-state index contributed by atoms with van der Waals surface area (Å²) in [5, 5.41) is 18.1. The summed E-state index contributed by atoms with van der Waals surface area (Å²) in [4.78, 5) is 46.5. The molecule has 2 N–H and O–H groups in total. The summed E-state index contributed by atoms with van der Waals surface area (Å²) in [7, 11) is 0. The number of carbonyl (C=O) groups is 3. The van der Waals surface area contributed by atoms with Gasteiger partial charge in [-0.3, -0.25) is 24.5 Å². The van der Waals surface area contributed by atoms with Gasteiger partial charge in [0.15, 0.2) is 6.61 Å². The molecule has 0 bridgehead atoms. The van der Waals surface area contributed by atoms with E-state index in [0.29, 0.717) is 11.3 Å². The van der Waals surface area contributed by atoms with Crippen molar-refractivity contribution >= 4 is 45.6 Å². The molecule has 0 fully saturated rings. The first-order chi connectivity index (χ1) is 15.3. The highest BCUT2D eigenvalue weighted by molar-refractivity contribution is 6.02. The molecule has 3 rings (SSSR count). The van der Waals surface area contributed by atoms with Crippen molar-refractivity contribution < 1.29 is 24.0 Å². The highest BCUT2D eigenvalue weighted by Crippen LogP contribution is 2.23. The van der Waals surface area contributed by atoms with Gasteiger partial charge in [-0.2, -0.15) is 0 Å². The van der Waals surface area contributed by atoms with Crippen LogP contribution in [-0.4, -0.2) is 29.3 Å². The van der Waals surface area contributed by atoms with Crippen molar-refractivity contribution in [2.24, 2.45) is 0 Å². The highest BCUT2D eigenvalue weighted by atomic mass is 16.6. The van der Waals surface area contributed by atoms with Crippen molar-refractivity contribution in [1.82, 2.24) is 0 Å². The average molecular weight is 435 g/mol. The number of benzene rings is 3. The first-order valence-electron chi connectivity index (χ1n) is 9.81. The number of carbonyl (C=O) groups excluding carboxylic acids is 3. The van der Waals surface area contributed by atoms with Crippen LogP contribution in [0.25, 0.3) is 10.8 Å². The van der Waals surface area contributed by atoms with Crippen LogP contribution in [0.5, 0.6) is 0 Å². The highest BCUT2D eigenvalue weighted by Gasteiger charge is 2.14. The molecule has 0 aliphatic heterocycles. The number of anilines is 2. The molecular formula is C23H21N3O6. The van der Waals surface area contributed by atoms with E-state index in [0.717, 1.165) is 10.8 Å². The molecule has 0 spiro atoms. The largest absolute Gasteiger partial charge is 0.456 e. The van der Waals surface area contributed by atoms with Crippen LogP contribution in [0.3, 0.4) is 0 Å². The summed E-state index contributed by atoms with van der Waals surface area (Å²) in [6.45, 7) is 1.02. The van der Waals surface area contributed by atoms with E-state index in [4.69, 9.17) is 4.74 Å². The minimum atomic E-state index is -0.705. The van der Waals surface area contributed by atoms with Gasteiger partial charge in [0.1, 0.15) is 0 Å². The van der Waals surface area contributed by atoms with Gasteiger partial charge in [0.2, 0.25) is 5.91 Å². The summed E-state index contributed by atoms with van der Waals surface area (Å²) in [6.07, 6.45) is -0.298. The third-order valence-corrected chi connectivity index (χ3v) is 4.67. The molecule has 164 valence electrons. The quantitative estimate of drug-likeness (QED) is 0.313. The zero-order valence-corrected chi connectivity index (χ0v) is 17.3. The number of aryl methyl sites for hydroxylation is 1. The predicted octanol–water partition coefficient (Wildman–Crippen LogP) is 3.96. The first-order valence-corrected chi connectivity index (χ1v) is 9.81. The summed E-state index contributed by atoms with van der Waals surface area (Å²) >= 11 is 0. The predicted molar refractivity (Wildman–Crippen MR) is 119 cm³/mol. The molecule has 2 amide bonds. The van der Waals surface area contributed by atoms with Crippen molar-refractivity contribution in [3.05, 3.63) is 76.3 Å². The fourth-order valence-corrected chi connectivity index (χ4v) is 3.06. The standard InChI is InChI=1S/C23H21N3O6/c1-15-9-10-17(13-20(15)26(30)31)24-22(28)14-32-23(29)12-11-21(27)25-19-8-4-6-16-5-2-3-7-18(16)19/h2-10,13H,11-12,14H2,1H3,(H,24,28)(H,25,27). The molecule has 9 nitrogen and oxygen atoms in total. The van der Waals surface area contributed by atoms with Gasteiger partial charge >= 0.3 is 5.97 Å². The lowest BCUT2D eigenvalue weighted by Crippen LogP contribution is -2.22. The van der Waals surface area contributed by atoms with Crippen molar-refractivity contribution in [3.63, 3.8) is 0 Å². The number of nitro groups is 1. The third kappa shape index (κ3) is 5.88. The van der Waals surface area contributed by atoms with Crippen LogP contribution in [-0.2, 0) is 19.1 Å². The monoisotopic (exact) mass is 435 g/mol. The molecule has 0 aliphatic carbocycles. The van der Waals surface area contributed by atoms with Crippen LogP contribution in [0.2, 0.25) is 0 Å². The van der Waals surface area contributed by atoms with E-state index in [-0.39, 0.29) is 30.1 Å². The van der Waals surface area contributed by atoms with Crippen molar-refractivity contribution in [2.75, 3.05) is 17.2 Å². The number of hydrogen-bond donors (Lipinski definition) is 2. The Labute approximate surface area is 183 Å². The van der Waals surface area contributed by atoms with E-state index in [9.17, 15) is 24.5 Å². The van der Waals surface area contributed by atoms with Crippen LogP contribution in [0.15, 0.2) is 60.7 Å². The maximum Gasteiger partial charge on any atom is 0.306 e. The normalized spacial score (nSPS) is 10.4. The summed E-state index contributed by atoms with van der Waals surface area (Å²) < 4.78 is 4.88. The minimum absolute atomic E-state index is 0.103. The fourth-order valence-electron chi connectivity index (χ4n) is 3.06. The van der Waals surface area contributed by atoms with Crippen LogP contribution in [0.1, 0.15) is 18.4 Å². The molecule has 0 saturated carbocycles. The second kappa shape index (κ2) is 10.2. The molecule has 0 saturated heterocycles. The van der Waals surface area contributed by atoms with Gasteiger partial charge in [-0.1, -0.05) is 42.5 Å². The third-order valence-electron chi connectivity index (χ3n) is 4.67. The Bertz CT molecular complexity index is 1190. The molecule has 0 aliphatic rings. The van der Waals surface area contributed by atoms with Crippen molar-refractivity contribution in [3.8, 4) is 0 Å². The maximum absolute atomic E-state index is 12.2. The zero-order chi connectivity index (χ0) is 23.1. The topological polar surface area (TPSA) is 128 Å². The molecule has 0 heterocycles. The van der Waals surface area contributed by atoms with Crippen LogP contribution < -0.4 is 10.6 Å². The fraction of sp³-hybridized carbons (Fsp3) is 0.174.